The number of aromatic nitrogens is 2. The number of carbonyl (C=O) groups excluding carboxylic acids is 2. The van der Waals surface area contributed by atoms with Gasteiger partial charge >= 0.3 is 6.09 Å². The molecule has 9 nitrogen and oxygen atoms in total. The summed E-state index contributed by atoms with van der Waals surface area (Å²) in [5, 5.41) is 6.12. The Hall–Kier alpha value is -3.62. The highest BCUT2D eigenvalue weighted by Crippen LogP contribution is 2.25. The van der Waals surface area contributed by atoms with Gasteiger partial charge in [0.1, 0.15) is 11.1 Å². The van der Waals surface area contributed by atoms with E-state index in [4.69, 9.17) is 9.15 Å². The predicted molar refractivity (Wildman–Crippen MR) is 121 cm³/mol. The number of fused-ring (bicyclic) bond motifs is 1. The molecule has 1 aliphatic heterocycles. The molecular weight excluding hydrogens is 410 g/mol. The fourth-order valence-corrected chi connectivity index (χ4v) is 3.54. The highest BCUT2D eigenvalue weighted by molar-refractivity contribution is 6.11. The van der Waals surface area contributed by atoms with Crippen molar-refractivity contribution in [1.29, 1.82) is 0 Å². The van der Waals surface area contributed by atoms with Crippen LogP contribution in [0.15, 0.2) is 47.1 Å². The van der Waals surface area contributed by atoms with Crippen LogP contribution in [0.5, 0.6) is 0 Å². The first-order chi connectivity index (χ1) is 15.3. The van der Waals surface area contributed by atoms with E-state index in [0.29, 0.717) is 41.5 Å². The lowest BCUT2D eigenvalue weighted by Gasteiger charge is -2.33. The number of piperidine rings is 1. The van der Waals surface area contributed by atoms with Crippen LogP contribution in [0.25, 0.3) is 11.1 Å². The number of likely N-dealkylation sites (tertiary alicyclic amines) is 1. The smallest absolute Gasteiger partial charge is 0.410 e. The van der Waals surface area contributed by atoms with Crippen molar-refractivity contribution in [3.05, 3.63) is 48.3 Å². The van der Waals surface area contributed by atoms with E-state index in [1.807, 2.05) is 20.8 Å². The molecule has 2 N–H and O–H groups in total. The van der Waals surface area contributed by atoms with E-state index in [-0.39, 0.29) is 18.0 Å². The van der Waals surface area contributed by atoms with Crippen molar-refractivity contribution in [3.63, 3.8) is 0 Å². The van der Waals surface area contributed by atoms with Crippen LogP contribution in [0.2, 0.25) is 0 Å². The van der Waals surface area contributed by atoms with Crippen LogP contribution in [0, 0.1) is 0 Å². The maximum absolute atomic E-state index is 12.7. The molecule has 2 amide bonds. The number of nitrogens with zero attached hydrogens (tertiary/aromatic N) is 3. The molecule has 1 saturated heterocycles. The summed E-state index contributed by atoms with van der Waals surface area (Å²) >= 11 is 0. The summed E-state index contributed by atoms with van der Waals surface area (Å²) in [6.07, 6.45) is 4.42. The quantitative estimate of drug-likeness (QED) is 0.627. The van der Waals surface area contributed by atoms with Crippen LogP contribution in [-0.2, 0) is 4.74 Å². The lowest BCUT2D eigenvalue weighted by molar-refractivity contribution is 0.0210. The largest absolute Gasteiger partial charge is 0.444 e. The molecule has 3 heterocycles. The lowest BCUT2D eigenvalue weighted by Crippen LogP contribution is -2.44. The molecule has 32 heavy (non-hydrogen) atoms. The Morgan fingerprint density at radius 3 is 2.62 bits per heavy atom. The number of hydrogen-bond acceptors (Lipinski definition) is 7. The van der Waals surface area contributed by atoms with Gasteiger partial charge in [-0.2, -0.15) is 4.98 Å². The van der Waals surface area contributed by atoms with Gasteiger partial charge in [-0.05, 0) is 57.9 Å². The van der Waals surface area contributed by atoms with Crippen molar-refractivity contribution in [3.8, 4) is 0 Å². The Labute approximate surface area is 186 Å². The molecule has 0 radical (unpaired) electrons. The van der Waals surface area contributed by atoms with Gasteiger partial charge < -0.3 is 24.7 Å². The van der Waals surface area contributed by atoms with Gasteiger partial charge in [-0.3, -0.25) is 9.78 Å². The van der Waals surface area contributed by atoms with Crippen molar-refractivity contribution in [1.82, 2.24) is 14.9 Å². The first kappa shape index (κ1) is 21.6. The molecular formula is C23H27N5O4. The zero-order valence-corrected chi connectivity index (χ0v) is 18.4. The second-order valence-corrected chi connectivity index (χ2v) is 8.75. The Bertz CT molecular complexity index is 1100. The van der Waals surface area contributed by atoms with E-state index in [9.17, 15) is 9.59 Å². The van der Waals surface area contributed by atoms with Crippen molar-refractivity contribution in [2.24, 2.45) is 0 Å². The lowest BCUT2D eigenvalue weighted by atomic mass is 10.1. The van der Waals surface area contributed by atoms with Gasteiger partial charge in [0.2, 0.25) is 0 Å². The van der Waals surface area contributed by atoms with Gasteiger partial charge in [0.05, 0.1) is 17.4 Å². The van der Waals surface area contributed by atoms with Crippen LogP contribution >= 0.6 is 0 Å². The average molecular weight is 438 g/mol. The first-order valence-electron chi connectivity index (χ1n) is 10.6. The number of hydrogen-bond donors (Lipinski definition) is 2. The zero-order chi connectivity index (χ0) is 22.7. The van der Waals surface area contributed by atoms with E-state index >= 15 is 0 Å². The van der Waals surface area contributed by atoms with Crippen molar-refractivity contribution >= 4 is 34.8 Å². The standard InChI is InChI=1S/C23H27N5O4/c1-23(2,3)32-22(30)28-12-9-15(10-13-28)26-21-27-19-17(7-4-8-18(19)31-21)20(29)25-16-6-5-11-24-14-16/h4-8,11,14-15H,9-10,12-13H2,1-3H3,(H,25,29)(H,26,27). The minimum Gasteiger partial charge on any atom is -0.444 e. The summed E-state index contributed by atoms with van der Waals surface area (Å²) in [6.45, 7) is 6.75. The number of para-hydroxylation sites is 1. The second kappa shape index (κ2) is 8.86. The van der Waals surface area contributed by atoms with Crippen molar-refractivity contribution < 1.29 is 18.7 Å². The van der Waals surface area contributed by atoms with Crippen LogP contribution in [0.4, 0.5) is 16.5 Å². The van der Waals surface area contributed by atoms with Crippen LogP contribution in [0.1, 0.15) is 44.0 Å². The molecule has 1 fully saturated rings. The van der Waals surface area contributed by atoms with Crippen LogP contribution < -0.4 is 10.6 Å². The summed E-state index contributed by atoms with van der Waals surface area (Å²) in [7, 11) is 0. The number of rotatable bonds is 4. The number of benzene rings is 1. The van der Waals surface area contributed by atoms with E-state index in [1.165, 1.54) is 0 Å². The number of pyridine rings is 1. The Morgan fingerprint density at radius 1 is 1.16 bits per heavy atom. The number of anilines is 2. The molecule has 0 bridgehead atoms. The van der Waals surface area contributed by atoms with Crippen LogP contribution in [0.3, 0.4) is 0 Å². The van der Waals surface area contributed by atoms with E-state index in [2.05, 4.69) is 20.6 Å². The van der Waals surface area contributed by atoms with E-state index in [0.717, 1.165) is 12.8 Å². The molecule has 3 aromatic rings. The summed E-state index contributed by atoms with van der Waals surface area (Å²) in [5.41, 5.74) is 1.53. The Balaban J connectivity index is 1.40. The van der Waals surface area contributed by atoms with Gasteiger partial charge in [0, 0.05) is 25.3 Å². The van der Waals surface area contributed by atoms with Crippen LogP contribution in [-0.4, -0.2) is 51.6 Å². The molecule has 0 spiro atoms. The van der Waals surface area contributed by atoms with E-state index < -0.39 is 5.60 Å². The highest BCUT2D eigenvalue weighted by Gasteiger charge is 2.27. The van der Waals surface area contributed by atoms with Gasteiger partial charge in [0.25, 0.3) is 11.9 Å². The zero-order valence-electron chi connectivity index (χ0n) is 18.4. The molecule has 4 rings (SSSR count). The molecule has 2 aromatic heterocycles. The maximum atomic E-state index is 12.7. The van der Waals surface area contributed by atoms with Gasteiger partial charge in [-0.1, -0.05) is 6.07 Å². The third kappa shape index (κ3) is 5.16. The Morgan fingerprint density at radius 2 is 1.94 bits per heavy atom. The number of carbonyl (C=O) groups is 2. The van der Waals surface area contributed by atoms with E-state index in [1.54, 1.807) is 47.6 Å². The average Bonchev–Trinajstić information content (AvgIpc) is 3.16. The molecule has 1 aromatic carbocycles. The molecule has 0 unspecified atom stereocenters. The molecule has 0 atom stereocenters. The minimum absolute atomic E-state index is 0.106. The summed E-state index contributed by atoms with van der Waals surface area (Å²) in [4.78, 5) is 35.2. The topological polar surface area (TPSA) is 110 Å². The third-order valence-electron chi connectivity index (χ3n) is 5.06. The van der Waals surface area contributed by atoms with Crippen molar-refractivity contribution in [2.75, 3.05) is 23.7 Å². The fourth-order valence-electron chi connectivity index (χ4n) is 3.54. The number of ether oxygens (including phenoxy) is 1. The number of oxazole rings is 1. The minimum atomic E-state index is -0.509. The van der Waals surface area contributed by atoms with Gasteiger partial charge in [0.15, 0.2) is 5.58 Å². The first-order valence-corrected chi connectivity index (χ1v) is 10.6. The molecule has 1 aliphatic rings. The number of amides is 2. The highest BCUT2D eigenvalue weighted by atomic mass is 16.6. The van der Waals surface area contributed by atoms with Gasteiger partial charge in [-0.15, -0.1) is 0 Å². The van der Waals surface area contributed by atoms with Crippen molar-refractivity contribution in [2.45, 2.75) is 45.3 Å². The summed E-state index contributed by atoms with van der Waals surface area (Å²) < 4.78 is 11.3. The Kier molecular flexibility index (Phi) is 5.98. The molecule has 168 valence electrons. The van der Waals surface area contributed by atoms with Gasteiger partial charge in [-0.25, -0.2) is 4.79 Å². The molecule has 0 aliphatic carbocycles. The second-order valence-electron chi connectivity index (χ2n) is 8.75. The number of nitrogens with one attached hydrogen (secondary N) is 2. The third-order valence-corrected chi connectivity index (χ3v) is 5.06. The normalized spacial score (nSPS) is 14.9. The summed E-state index contributed by atoms with van der Waals surface area (Å²) in [5.74, 6) is -0.283. The monoisotopic (exact) mass is 437 g/mol. The SMILES string of the molecule is CC(C)(C)OC(=O)N1CCC(Nc2nc3c(C(=O)Nc4cccnc4)cccc3o2)CC1. The maximum Gasteiger partial charge on any atom is 0.410 e. The molecule has 0 saturated carbocycles. The summed E-state index contributed by atoms with van der Waals surface area (Å²) in [6, 6.07) is 9.23. The fraction of sp³-hybridized carbons (Fsp3) is 0.391. The molecule has 9 heteroatoms. The predicted octanol–water partition coefficient (Wildman–Crippen LogP) is 4.29.